The zero-order valence-corrected chi connectivity index (χ0v) is 12.8. The molecule has 0 aliphatic heterocycles. The Morgan fingerprint density at radius 3 is 2.60 bits per heavy atom. The van der Waals surface area contributed by atoms with Gasteiger partial charge in [-0.3, -0.25) is 0 Å². The van der Waals surface area contributed by atoms with Crippen LogP contribution in [0.1, 0.15) is 31.2 Å². The molecule has 0 saturated heterocycles. The summed E-state index contributed by atoms with van der Waals surface area (Å²) in [5, 5.41) is 10.2. The van der Waals surface area contributed by atoms with Gasteiger partial charge in [-0.1, -0.05) is 24.4 Å². The smallest absolute Gasteiger partial charge is 0.241 e. The van der Waals surface area contributed by atoms with E-state index in [0.29, 0.717) is 29.1 Å². The molecule has 4 N–H and O–H groups in total. The molecule has 7 heteroatoms. The Labute approximate surface area is 124 Å². The maximum atomic E-state index is 12.3. The Kier molecular flexibility index (Phi) is 4.59. The van der Waals surface area contributed by atoms with E-state index in [1.165, 1.54) is 12.1 Å². The van der Waals surface area contributed by atoms with Crippen molar-refractivity contribution < 1.29 is 13.5 Å². The van der Waals surface area contributed by atoms with Crippen molar-refractivity contribution in [2.45, 2.75) is 49.6 Å². The monoisotopic (exact) mass is 318 g/mol. The summed E-state index contributed by atoms with van der Waals surface area (Å²) in [5.74, 6) is 0. The van der Waals surface area contributed by atoms with Crippen LogP contribution in [0.3, 0.4) is 0 Å². The molecule has 0 amide bonds. The third-order valence-electron chi connectivity index (χ3n) is 3.70. The van der Waals surface area contributed by atoms with Gasteiger partial charge in [0.05, 0.1) is 11.0 Å². The molecule has 1 aliphatic carbocycles. The second-order valence-corrected chi connectivity index (χ2v) is 7.32. The van der Waals surface area contributed by atoms with Crippen LogP contribution < -0.4 is 10.5 Å². The number of rotatable bonds is 3. The summed E-state index contributed by atoms with van der Waals surface area (Å²) in [4.78, 5) is 0.0309. The van der Waals surface area contributed by atoms with Crippen molar-refractivity contribution >= 4 is 27.3 Å². The van der Waals surface area contributed by atoms with Gasteiger partial charge in [-0.05, 0) is 37.5 Å². The van der Waals surface area contributed by atoms with Gasteiger partial charge in [0.25, 0.3) is 0 Å². The van der Waals surface area contributed by atoms with Gasteiger partial charge in [-0.15, -0.1) is 0 Å². The molecular weight excluding hydrogens is 300 g/mol. The molecule has 1 aliphatic rings. The van der Waals surface area contributed by atoms with E-state index in [9.17, 15) is 13.5 Å². The lowest BCUT2D eigenvalue weighted by Gasteiger charge is -2.28. The van der Waals surface area contributed by atoms with E-state index in [1.54, 1.807) is 6.92 Å². The lowest BCUT2D eigenvalue weighted by Crippen LogP contribution is -2.44. The Hall–Kier alpha value is -0.820. The Morgan fingerprint density at radius 2 is 2.00 bits per heavy atom. The van der Waals surface area contributed by atoms with Crippen molar-refractivity contribution in [3.63, 3.8) is 0 Å². The molecule has 0 bridgehead atoms. The predicted molar refractivity (Wildman–Crippen MR) is 79.2 cm³/mol. The van der Waals surface area contributed by atoms with Crippen molar-refractivity contribution in [3.05, 3.63) is 22.7 Å². The fourth-order valence-electron chi connectivity index (χ4n) is 2.35. The third-order valence-corrected chi connectivity index (χ3v) is 5.57. The lowest BCUT2D eigenvalue weighted by atomic mass is 9.93. The van der Waals surface area contributed by atoms with Crippen molar-refractivity contribution in [1.29, 1.82) is 0 Å². The van der Waals surface area contributed by atoms with Gasteiger partial charge in [0.2, 0.25) is 10.0 Å². The second kappa shape index (κ2) is 5.89. The zero-order chi connectivity index (χ0) is 14.9. The molecule has 1 aromatic carbocycles. The van der Waals surface area contributed by atoms with E-state index in [-0.39, 0.29) is 4.90 Å². The van der Waals surface area contributed by atoms with E-state index in [2.05, 4.69) is 4.72 Å². The molecular formula is C13H19ClN2O3S. The number of aliphatic hydroxyl groups is 1. The van der Waals surface area contributed by atoms with Crippen molar-refractivity contribution in [2.75, 3.05) is 5.73 Å². The SMILES string of the molecule is Cc1c(N)cc(S(=O)(=O)NC2CCCCC2O)cc1Cl. The topological polar surface area (TPSA) is 92.4 Å². The quantitative estimate of drug-likeness (QED) is 0.741. The van der Waals surface area contributed by atoms with Crippen LogP contribution in [0.4, 0.5) is 5.69 Å². The van der Waals surface area contributed by atoms with Gasteiger partial charge < -0.3 is 10.8 Å². The second-order valence-electron chi connectivity index (χ2n) is 5.20. The molecule has 5 nitrogen and oxygen atoms in total. The van der Waals surface area contributed by atoms with E-state index < -0.39 is 22.2 Å². The molecule has 0 aromatic heterocycles. The van der Waals surface area contributed by atoms with Crippen LogP contribution in [0.15, 0.2) is 17.0 Å². The average Bonchev–Trinajstić information content (AvgIpc) is 2.38. The molecule has 20 heavy (non-hydrogen) atoms. The van der Waals surface area contributed by atoms with Crippen LogP contribution in [0.2, 0.25) is 5.02 Å². The highest BCUT2D eigenvalue weighted by molar-refractivity contribution is 7.89. The Morgan fingerprint density at radius 1 is 1.35 bits per heavy atom. The minimum Gasteiger partial charge on any atom is -0.398 e. The molecule has 2 unspecified atom stereocenters. The van der Waals surface area contributed by atoms with Crippen molar-refractivity contribution in [2.24, 2.45) is 0 Å². The van der Waals surface area contributed by atoms with Crippen LogP contribution in [-0.4, -0.2) is 25.7 Å². The first-order chi connectivity index (χ1) is 9.31. The maximum absolute atomic E-state index is 12.3. The normalized spacial score (nSPS) is 23.8. The Balaban J connectivity index is 2.26. The third kappa shape index (κ3) is 3.25. The lowest BCUT2D eigenvalue weighted by molar-refractivity contribution is 0.101. The number of anilines is 1. The molecule has 0 radical (unpaired) electrons. The summed E-state index contributed by atoms with van der Waals surface area (Å²) in [6, 6.07) is 2.32. The molecule has 2 rings (SSSR count). The van der Waals surface area contributed by atoms with E-state index in [1.807, 2.05) is 0 Å². The first kappa shape index (κ1) is 15.6. The summed E-state index contributed by atoms with van der Waals surface area (Å²) in [6.07, 6.45) is 2.43. The van der Waals surface area contributed by atoms with Crippen LogP contribution in [0.5, 0.6) is 0 Å². The summed E-state index contributed by atoms with van der Waals surface area (Å²) in [7, 11) is -3.73. The van der Waals surface area contributed by atoms with Crippen LogP contribution >= 0.6 is 11.6 Å². The molecule has 2 atom stereocenters. The van der Waals surface area contributed by atoms with Crippen molar-refractivity contribution in [3.8, 4) is 0 Å². The van der Waals surface area contributed by atoms with E-state index in [0.717, 1.165) is 12.8 Å². The predicted octanol–water partition coefficient (Wildman–Crippen LogP) is 1.81. The van der Waals surface area contributed by atoms with Gasteiger partial charge in [-0.2, -0.15) is 0 Å². The Bertz CT molecular complexity index is 581. The molecule has 1 aromatic rings. The number of sulfonamides is 1. The molecule has 1 fully saturated rings. The number of nitrogens with one attached hydrogen (secondary N) is 1. The average molecular weight is 319 g/mol. The number of benzene rings is 1. The highest BCUT2D eigenvalue weighted by Gasteiger charge is 2.28. The first-order valence-corrected chi connectivity index (χ1v) is 8.43. The van der Waals surface area contributed by atoms with Gasteiger partial charge in [0, 0.05) is 16.8 Å². The standard InChI is InChI=1S/C13H19ClN2O3S/c1-8-10(14)6-9(7-11(8)15)20(18,19)16-12-4-2-3-5-13(12)17/h6-7,12-13,16-17H,2-5,15H2,1H3. The number of hydrogen-bond donors (Lipinski definition) is 3. The van der Waals surface area contributed by atoms with Gasteiger partial charge in [0.1, 0.15) is 0 Å². The highest BCUT2D eigenvalue weighted by atomic mass is 35.5. The molecule has 112 valence electrons. The summed E-state index contributed by atoms with van der Waals surface area (Å²) >= 11 is 5.97. The molecule has 0 heterocycles. The maximum Gasteiger partial charge on any atom is 0.241 e. The largest absolute Gasteiger partial charge is 0.398 e. The van der Waals surface area contributed by atoms with Crippen LogP contribution in [0, 0.1) is 6.92 Å². The fraction of sp³-hybridized carbons (Fsp3) is 0.538. The fourth-order valence-corrected chi connectivity index (χ4v) is 4.00. The zero-order valence-electron chi connectivity index (χ0n) is 11.3. The minimum absolute atomic E-state index is 0.0309. The number of nitrogen functional groups attached to an aromatic ring is 1. The van der Waals surface area contributed by atoms with E-state index >= 15 is 0 Å². The number of halogens is 1. The molecule has 1 saturated carbocycles. The van der Waals surface area contributed by atoms with Crippen LogP contribution in [-0.2, 0) is 10.0 Å². The minimum atomic E-state index is -3.73. The summed E-state index contributed by atoms with van der Waals surface area (Å²) in [5.41, 5.74) is 6.74. The number of nitrogens with two attached hydrogens (primary N) is 1. The van der Waals surface area contributed by atoms with Crippen molar-refractivity contribution in [1.82, 2.24) is 4.72 Å². The van der Waals surface area contributed by atoms with E-state index in [4.69, 9.17) is 17.3 Å². The first-order valence-electron chi connectivity index (χ1n) is 6.57. The summed E-state index contributed by atoms with van der Waals surface area (Å²) in [6.45, 7) is 1.73. The van der Waals surface area contributed by atoms with Gasteiger partial charge in [0.15, 0.2) is 0 Å². The number of aliphatic hydroxyl groups excluding tert-OH is 1. The van der Waals surface area contributed by atoms with Gasteiger partial charge in [-0.25, -0.2) is 13.1 Å². The van der Waals surface area contributed by atoms with Gasteiger partial charge >= 0.3 is 0 Å². The molecule has 0 spiro atoms. The highest BCUT2D eigenvalue weighted by Crippen LogP contribution is 2.27. The summed E-state index contributed by atoms with van der Waals surface area (Å²) < 4.78 is 27.2. The number of hydrogen-bond acceptors (Lipinski definition) is 4. The van der Waals surface area contributed by atoms with Crippen LogP contribution in [0.25, 0.3) is 0 Å².